The molecule has 27 heavy (non-hydrogen) atoms. The molecule has 0 radical (unpaired) electrons. The van der Waals surface area contributed by atoms with Crippen LogP contribution in [0.15, 0.2) is 66.7 Å². The lowest BCUT2D eigenvalue weighted by Gasteiger charge is -2.26. The minimum Gasteiger partial charge on any atom is -0.508 e. The molecule has 0 saturated heterocycles. The first-order valence-electron chi connectivity index (χ1n) is 8.50. The molecule has 0 aromatic heterocycles. The number of carbonyl (C=O) groups excluding carboxylic acids is 2. The average Bonchev–Trinajstić information content (AvgIpc) is 2.68. The van der Waals surface area contributed by atoms with E-state index < -0.39 is 11.9 Å². The molecule has 1 aliphatic heterocycles. The van der Waals surface area contributed by atoms with E-state index >= 15 is 0 Å². The fraction of sp³-hybridized carbons (Fsp3) is 0.0909. The summed E-state index contributed by atoms with van der Waals surface area (Å²) in [7, 11) is 0. The highest BCUT2D eigenvalue weighted by molar-refractivity contribution is 6.11. The minimum absolute atomic E-state index is 0.00694. The summed E-state index contributed by atoms with van der Waals surface area (Å²) in [5, 5.41) is 20.7. The molecular formula is C22H16O5. The maximum absolute atomic E-state index is 12.8. The standard InChI is InChI=1S/C22H16O5/c23-15-8-4-7-14(11-15)17-12-19(24)27-18-10-9-16(22(26)20(17)18)21(25)13-5-2-1-3-6-13/h1-11,17,23,26H,12H2/t17-/m1/s1. The smallest absolute Gasteiger partial charge is 0.312 e. The van der Waals surface area contributed by atoms with Crippen LogP contribution < -0.4 is 4.74 Å². The van der Waals surface area contributed by atoms with Gasteiger partial charge in [0, 0.05) is 17.0 Å². The third-order valence-corrected chi connectivity index (χ3v) is 4.67. The molecule has 0 bridgehead atoms. The SMILES string of the molecule is O=C1C[C@H](c2cccc(O)c2)c2c(ccc(C(=O)c3ccccc3)c2O)O1. The first-order chi connectivity index (χ1) is 13.0. The third kappa shape index (κ3) is 3.04. The number of hydrogen-bond acceptors (Lipinski definition) is 5. The second-order valence-corrected chi connectivity index (χ2v) is 6.39. The lowest BCUT2D eigenvalue weighted by molar-refractivity contribution is -0.135. The van der Waals surface area contributed by atoms with Gasteiger partial charge in [-0.3, -0.25) is 9.59 Å². The van der Waals surface area contributed by atoms with E-state index in [1.165, 1.54) is 24.3 Å². The molecule has 4 rings (SSSR count). The number of fused-ring (bicyclic) bond motifs is 1. The van der Waals surface area contributed by atoms with E-state index in [4.69, 9.17) is 4.74 Å². The predicted octanol–water partition coefficient (Wildman–Crippen LogP) is 3.77. The van der Waals surface area contributed by atoms with Gasteiger partial charge in [0.25, 0.3) is 0 Å². The summed E-state index contributed by atoms with van der Waals surface area (Å²) < 4.78 is 5.26. The van der Waals surface area contributed by atoms with Crippen LogP contribution >= 0.6 is 0 Å². The molecular weight excluding hydrogens is 344 g/mol. The number of phenolic OH excluding ortho intramolecular Hbond substituents is 2. The van der Waals surface area contributed by atoms with Crippen LogP contribution in [0.4, 0.5) is 0 Å². The van der Waals surface area contributed by atoms with Crippen molar-refractivity contribution >= 4 is 11.8 Å². The van der Waals surface area contributed by atoms with E-state index in [2.05, 4.69) is 0 Å². The monoisotopic (exact) mass is 360 g/mol. The van der Waals surface area contributed by atoms with Crippen LogP contribution in [0.5, 0.6) is 17.2 Å². The molecule has 5 heteroatoms. The Balaban J connectivity index is 1.85. The Hall–Kier alpha value is -3.60. The normalized spacial score (nSPS) is 15.7. The van der Waals surface area contributed by atoms with Gasteiger partial charge in [-0.25, -0.2) is 0 Å². The molecule has 0 amide bonds. The van der Waals surface area contributed by atoms with Crippen LogP contribution in [0.2, 0.25) is 0 Å². The molecule has 1 atom stereocenters. The van der Waals surface area contributed by atoms with Crippen LogP contribution in [0.3, 0.4) is 0 Å². The summed E-state index contributed by atoms with van der Waals surface area (Å²) in [6.45, 7) is 0. The molecule has 0 unspecified atom stereocenters. The van der Waals surface area contributed by atoms with Gasteiger partial charge in [-0.15, -0.1) is 0 Å². The maximum Gasteiger partial charge on any atom is 0.312 e. The van der Waals surface area contributed by atoms with Gasteiger partial charge >= 0.3 is 5.97 Å². The number of phenols is 2. The van der Waals surface area contributed by atoms with Gasteiger partial charge in [-0.05, 0) is 29.8 Å². The summed E-state index contributed by atoms with van der Waals surface area (Å²) in [6, 6.07) is 18.1. The Morgan fingerprint density at radius 3 is 2.48 bits per heavy atom. The number of esters is 1. The number of ether oxygens (including phenoxy) is 1. The van der Waals surface area contributed by atoms with Crippen LogP contribution in [0, 0.1) is 0 Å². The summed E-state index contributed by atoms with van der Waals surface area (Å²) in [4.78, 5) is 24.8. The first-order valence-corrected chi connectivity index (χ1v) is 8.50. The Morgan fingerprint density at radius 2 is 1.74 bits per heavy atom. The Kier molecular flexibility index (Phi) is 4.12. The number of benzene rings is 3. The van der Waals surface area contributed by atoms with Crippen LogP contribution in [-0.2, 0) is 4.79 Å². The molecule has 0 aliphatic carbocycles. The highest BCUT2D eigenvalue weighted by atomic mass is 16.5. The van der Waals surface area contributed by atoms with Crippen LogP contribution in [0.25, 0.3) is 0 Å². The molecule has 3 aromatic rings. The summed E-state index contributed by atoms with van der Waals surface area (Å²) in [5.41, 5.74) is 1.63. The molecule has 2 N–H and O–H groups in total. The van der Waals surface area contributed by atoms with E-state index in [1.807, 2.05) is 0 Å². The molecule has 134 valence electrons. The van der Waals surface area contributed by atoms with Gasteiger partial charge in [-0.1, -0.05) is 42.5 Å². The van der Waals surface area contributed by atoms with E-state index in [0.717, 1.165) is 0 Å². The highest BCUT2D eigenvalue weighted by Crippen LogP contribution is 2.45. The fourth-order valence-electron chi connectivity index (χ4n) is 3.40. The van der Waals surface area contributed by atoms with Crippen molar-refractivity contribution in [2.45, 2.75) is 12.3 Å². The van der Waals surface area contributed by atoms with E-state index in [9.17, 15) is 19.8 Å². The van der Waals surface area contributed by atoms with Crippen molar-refractivity contribution in [1.82, 2.24) is 0 Å². The average molecular weight is 360 g/mol. The van der Waals surface area contributed by atoms with Crippen molar-refractivity contribution in [3.8, 4) is 17.2 Å². The lowest BCUT2D eigenvalue weighted by Crippen LogP contribution is -2.21. The molecule has 5 nitrogen and oxygen atoms in total. The summed E-state index contributed by atoms with van der Waals surface area (Å²) in [5.74, 6) is -1.19. The first kappa shape index (κ1) is 16.8. The Morgan fingerprint density at radius 1 is 0.963 bits per heavy atom. The van der Waals surface area contributed by atoms with Gasteiger partial charge < -0.3 is 14.9 Å². The molecule has 3 aromatic carbocycles. The van der Waals surface area contributed by atoms with Crippen molar-refractivity contribution in [2.24, 2.45) is 0 Å². The van der Waals surface area contributed by atoms with Gasteiger partial charge in [0.1, 0.15) is 17.2 Å². The number of aromatic hydroxyl groups is 2. The topological polar surface area (TPSA) is 83.8 Å². The summed E-state index contributed by atoms with van der Waals surface area (Å²) >= 11 is 0. The second-order valence-electron chi connectivity index (χ2n) is 6.39. The molecule has 1 heterocycles. The van der Waals surface area contributed by atoms with Gasteiger partial charge in [-0.2, -0.15) is 0 Å². The van der Waals surface area contributed by atoms with Crippen molar-refractivity contribution in [2.75, 3.05) is 0 Å². The third-order valence-electron chi connectivity index (χ3n) is 4.67. The quantitative estimate of drug-likeness (QED) is 0.422. The van der Waals surface area contributed by atoms with Crippen molar-refractivity contribution in [1.29, 1.82) is 0 Å². The zero-order chi connectivity index (χ0) is 19.0. The van der Waals surface area contributed by atoms with E-state index in [-0.39, 0.29) is 35.0 Å². The minimum atomic E-state index is -0.517. The fourth-order valence-corrected chi connectivity index (χ4v) is 3.40. The molecule has 1 aliphatic rings. The zero-order valence-electron chi connectivity index (χ0n) is 14.3. The number of ketones is 1. The van der Waals surface area contributed by atoms with Crippen molar-refractivity contribution in [3.63, 3.8) is 0 Å². The molecule has 0 spiro atoms. The number of rotatable bonds is 3. The van der Waals surface area contributed by atoms with Crippen LogP contribution in [-0.4, -0.2) is 22.0 Å². The zero-order valence-corrected chi connectivity index (χ0v) is 14.3. The van der Waals surface area contributed by atoms with Gasteiger partial charge in [0.15, 0.2) is 5.78 Å². The van der Waals surface area contributed by atoms with Gasteiger partial charge in [0.2, 0.25) is 0 Å². The second kappa shape index (κ2) is 6.61. The maximum atomic E-state index is 12.8. The number of carbonyl (C=O) groups is 2. The van der Waals surface area contributed by atoms with Crippen molar-refractivity contribution in [3.05, 3.63) is 89.0 Å². The number of hydrogen-bond donors (Lipinski definition) is 2. The predicted molar refractivity (Wildman–Crippen MR) is 98.2 cm³/mol. The van der Waals surface area contributed by atoms with Gasteiger partial charge in [0.05, 0.1) is 12.0 Å². The van der Waals surface area contributed by atoms with E-state index in [1.54, 1.807) is 42.5 Å². The van der Waals surface area contributed by atoms with Crippen molar-refractivity contribution < 1.29 is 24.5 Å². The Bertz CT molecular complexity index is 1040. The summed E-state index contributed by atoms with van der Waals surface area (Å²) in [6.07, 6.45) is 0.00694. The van der Waals surface area contributed by atoms with E-state index in [0.29, 0.717) is 16.7 Å². The Labute approximate surface area is 155 Å². The largest absolute Gasteiger partial charge is 0.508 e. The molecule has 0 fully saturated rings. The van der Waals surface area contributed by atoms with Crippen LogP contribution in [0.1, 0.15) is 39.4 Å². The highest BCUT2D eigenvalue weighted by Gasteiger charge is 2.33. The molecule has 0 saturated carbocycles. The lowest BCUT2D eigenvalue weighted by atomic mass is 9.84.